The molecule has 1 unspecified atom stereocenters. The fourth-order valence-electron chi connectivity index (χ4n) is 2.04. The molecule has 120 valence electrons. The number of nitrogens with one attached hydrogen (secondary N) is 1. The molecule has 0 fully saturated rings. The van der Waals surface area contributed by atoms with Crippen molar-refractivity contribution in [1.29, 1.82) is 0 Å². The number of ether oxygens (including phenoxy) is 3. The van der Waals surface area contributed by atoms with Gasteiger partial charge in [-0.25, -0.2) is 8.78 Å². The molecule has 1 aliphatic rings. The molecule has 0 spiro atoms. The van der Waals surface area contributed by atoms with Crippen LogP contribution in [0.4, 0.5) is 14.5 Å². The third-order valence-corrected chi connectivity index (χ3v) is 3.21. The molecule has 1 N–H and O–H groups in total. The molecule has 0 aromatic heterocycles. The second kappa shape index (κ2) is 6.12. The van der Waals surface area contributed by atoms with E-state index in [9.17, 15) is 13.6 Å². The first-order chi connectivity index (χ1) is 11.0. The third kappa shape index (κ3) is 3.33. The van der Waals surface area contributed by atoms with E-state index in [1.165, 1.54) is 6.92 Å². The van der Waals surface area contributed by atoms with Crippen LogP contribution in [0.3, 0.4) is 0 Å². The average Bonchev–Trinajstić information content (AvgIpc) is 2.98. The highest BCUT2D eigenvalue weighted by Crippen LogP contribution is 2.35. The molecule has 0 radical (unpaired) electrons. The Bertz CT molecular complexity index is 751. The Morgan fingerprint density at radius 3 is 2.78 bits per heavy atom. The lowest BCUT2D eigenvalue weighted by Crippen LogP contribution is -2.30. The Kier molecular flexibility index (Phi) is 4.01. The number of hydrogen-bond donors (Lipinski definition) is 1. The van der Waals surface area contributed by atoms with Gasteiger partial charge in [0.25, 0.3) is 5.91 Å². The number of anilines is 1. The summed E-state index contributed by atoms with van der Waals surface area (Å²) in [7, 11) is 0. The van der Waals surface area contributed by atoms with E-state index in [0.717, 1.165) is 18.2 Å². The number of carbonyl (C=O) groups is 1. The second-order valence-electron chi connectivity index (χ2n) is 4.89. The number of hydrogen-bond acceptors (Lipinski definition) is 4. The highest BCUT2D eigenvalue weighted by atomic mass is 19.1. The van der Waals surface area contributed by atoms with Crippen LogP contribution in [-0.2, 0) is 4.79 Å². The van der Waals surface area contributed by atoms with Gasteiger partial charge in [-0.05, 0) is 31.2 Å². The van der Waals surface area contributed by atoms with E-state index in [0.29, 0.717) is 17.2 Å². The SMILES string of the molecule is CC(Oc1ccc2c(c1)OCO2)C(=O)Nc1cc(F)ccc1F. The average molecular weight is 321 g/mol. The van der Waals surface area contributed by atoms with Crippen molar-refractivity contribution in [3.8, 4) is 17.2 Å². The molecule has 1 amide bonds. The van der Waals surface area contributed by atoms with Crippen molar-refractivity contribution in [1.82, 2.24) is 0 Å². The molecule has 3 rings (SSSR count). The lowest BCUT2D eigenvalue weighted by atomic mass is 10.2. The van der Waals surface area contributed by atoms with Crippen LogP contribution >= 0.6 is 0 Å². The lowest BCUT2D eigenvalue weighted by Gasteiger charge is -2.15. The summed E-state index contributed by atoms with van der Waals surface area (Å²) in [5, 5.41) is 2.29. The molecule has 1 atom stereocenters. The van der Waals surface area contributed by atoms with Gasteiger partial charge in [-0.1, -0.05) is 0 Å². The lowest BCUT2D eigenvalue weighted by molar-refractivity contribution is -0.122. The first-order valence-electron chi connectivity index (χ1n) is 6.85. The molecule has 23 heavy (non-hydrogen) atoms. The van der Waals surface area contributed by atoms with E-state index in [4.69, 9.17) is 14.2 Å². The van der Waals surface area contributed by atoms with Crippen LogP contribution in [0, 0.1) is 11.6 Å². The zero-order valence-corrected chi connectivity index (χ0v) is 12.1. The van der Waals surface area contributed by atoms with Gasteiger partial charge in [0.2, 0.25) is 6.79 Å². The summed E-state index contributed by atoms with van der Waals surface area (Å²) in [6.45, 7) is 1.63. The molecule has 0 aliphatic carbocycles. The molecule has 7 heteroatoms. The van der Waals surface area contributed by atoms with Gasteiger partial charge in [-0.15, -0.1) is 0 Å². The molecule has 0 saturated carbocycles. The summed E-state index contributed by atoms with van der Waals surface area (Å²) in [5.41, 5.74) is -0.240. The van der Waals surface area contributed by atoms with Crippen LogP contribution in [-0.4, -0.2) is 18.8 Å². The van der Waals surface area contributed by atoms with Gasteiger partial charge in [-0.3, -0.25) is 4.79 Å². The molecule has 2 aromatic carbocycles. The van der Waals surface area contributed by atoms with Crippen molar-refractivity contribution < 1.29 is 27.8 Å². The van der Waals surface area contributed by atoms with Crippen LogP contribution in [0.5, 0.6) is 17.2 Å². The molecule has 2 aromatic rings. The van der Waals surface area contributed by atoms with Gasteiger partial charge in [0.15, 0.2) is 17.6 Å². The van der Waals surface area contributed by atoms with Crippen molar-refractivity contribution in [3.63, 3.8) is 0 Å². The summed E-state index contributed by atoms with van der Waals surface area (Å²) in [5.74, 6) is -0.465. The zero-order chi connectivity index (χ0) is 16.4. The molecule has 1 heterocycles. The van der Waals surface area contributed by atoms with E-state index in [1.54, 1.807) is 18.2 Å². The Morgan fingerprint density at radius 2 is 1.96 bits per heavy atom. The highest BCUT2D eigenvalue weighted by molar-refractivity contribution is 5.94. The Morgan fingerprint density at radius 1 is 1.17 bits per heavy atom. The van der Waals surface area contributed by atoms with Crippen LogP contribution in [0.1, 0.15) is 6.92 Å². The summed E-state index contributed by atoms with van der Waals surface area (Å²) >= 11 is 0. The van der Waals surface area contributed by atoms with Crippen LogP contribution < -0.4 is 19.5 Å². The number of carbonyl (C=O) groups excluding carboxylic acids is 1. The maximum atomic E-state index is 13.5. The van der Waals surface area contributed by atoms with Gasteiger partial charge in [-0.2, -0.15) is 0 Å². The number of fused-ring (bicyclic) bond motifs is 1. The highest BCUT2D eigenvalue weighted by Gasteiger charge is 2.19. The smallest absolute Gasteiger partial charge is 0.265 e. The van der Waals surface area contributed by atoms with Crippen molar-refractivity contribution in [2.75, 3.05) is 12.1 Å². The maximum absolute atomic E-state index is 13.5. The Hall–Kier alpha value is -2.83. The normalized spacial score (nSPS) is 13.5. The monoisotopic (exact) mass is 321 g/mol. The minimum absolute atomic E-state index is 0.133. The number of amides is 1. The fourth-order valence-corrected chi connectivity index (χ4v) is 2.04. The third-order valence-electron chi connectivity index (χ3n) is 3.21. The predicted octanol–water partition coefficient (Wildman–Crippen LogP) is 3.10. The maximum Gasteiger partial charge on any atom is 0.265 e. The fraction of sp³-hybridized carbons (Fsp3) is 0.188. The van der Waals surface area contributed by atoms with E-state index in [1.807, 2.05) is 0 Å². The molecule has 5 nitrogen and oxygen atoms in total. The van der Waals surface area contributed by atoms with E-state index < -0.39 is 23.6 Å². The van der Waals surface area contributed by atoms with Crippen molar-refractivity contribution in [2.24, 2.45) is 0 Å². The summed E-state index contributed by atoms with van der Waals surface area (Å²) in [4.78, 5) is 12.0. The number of rotatable bonds is 4. The van der Waals surface area contributed by atoms with E-state index in [2.05, 4.69) is 5.32 Å². The second-order valence-corrected chi connectivity index (χ2v) is 4.89. The largest absolute Gasteiger partial charge is 0.481 e. The van der Waals surface area contributed by atoms with Gasteiger partial charge in [0, 0.05) is 12.1 Å². The quantitative estimate of drug-likeness (QED) is 0.940. The first kappa shape index (κ1) is 15.1. The van der Waals surface area contributed by atoms with Crippen LogP contribution in [0.15, 0.2) is 36.4 Å². The number of benzene rings is 2. The summed E-state index contributed by atoms with van der Waals surface area (Å²) in [6, 6.07) is 7.69. The molecule has 0 bridgehead atoms. The van der Waals surface area contributed by atoms with E-state index in [-0.39, 0.29) is 12.5 Å². The molecule has 0 saturated heterocycles. The van der Waals surface area contributed by atoms with Crippen molar-refractivity contribution in [2.45, 2.75) is 13.0 Å². The topological polar surface area (TPSA) is 56.8 Å². The number of halogens is 2. The van der Waals surface area contributed by atoms with Crippen molar-refractivity contribution >= 4 is 11.6 Å². The minimum atomic E-state index is -0.918. The first-order valence-corrected chi connectivity index (χ1v) is 6.85. The molecular formula is C16H13F2NO4. The summed E-state index contributed by atoms with van der Waals surface area (Å²) in [6.07, 6.45) is -0.918. The van der Waals surface area contributed by atoms with E-state index >= 15 is 0 Å². The van der Waals surface area contributed by atoms with Gasteiger partial charge in [0.1, 0.15) is 17.4 Å². The summed E-state index contributed by atoms with van der Waals surface area (Å²) < 4.78 is 42.5. The Labute approximate surface area is 130 Å². The zero-order valence-electron chi connectivity index (χ0n) is 12.1. The Balaban J connectivity index is 1.67. The van der Waals surface area contributed by atoms with Crippen LogP contribution in [0.25, 0.3) is 0 Å². The molecular weight excluding hydrogens is 308 g/mol. The predicted molar refractivity (Wildman–Crippen MR) is 77.6 cm³/mol. The van der Waals surface area contributed by atoms with Crippen LogP contribution in [0.2, 0.25) is 0 Å². The van der Waals surface area contributed by atoms with Gasteiger partial charge < -0.3 is 19.5 Å². The minimum Gasteiger partial charge on any atom is -0.481 e. The van der Waals surface area contributed by atoms with Gasteiger partial charge >= 0.3 is 0 Å². The molecule has 1 aliphatic heterocycles. The van der Waals surface area contributed by atoms with Crippen molar-refractivity contribution in [3.05, 3.63) is 48.0 Å². The standard InChI is InChI=1S/C16H13F2NO4/c1-9(16(20)19-13-6-10(17)2-4-12(13)18)23-11-3-5-14-15(7-11)22-8-21-14/h2-7,9H,8H2,1H3,(H,19,20). The van der Waals surface area contributed by atoms with Gasteiger partial charge in [0.05, 0.1) is 5.69 Å².